The Morgan fingerprint density at radius 1 is 1.43 bits per heavy atom. The van der Waals surface area contributed by atoms with Crippen molar-refractivity contribution in [3.63, 3.8) is 0 Å². The molecule has 2 aromatic rings. The van der Waals surface area contributed by atoms with E-state index in [0.29, 0.717) is 6.04 Å². The van der Waals surface area contributed by atoms with Crippen molar-refractivity contribution >= 4 is 28.7 Å². The Hall–Kier alpha value is -1.44. The molecule has 2 aromatic heterocycles. The van der Waals surface area contributed by atoms with Crippen molar-refractivity contribution in [1.29, 1.82) is 0 Å². The van der Waals surface area contributed by atoms with Crippen LogP contribution in [-0.4, -0.2) is 53.0 Å². The number of hydrogen-bond acceptors (Lipinski definition) is 5. The third-order valence-electron chi connectivity index (χ3n) is 3.98. The van der Waals surface area contributed by atoms with Gasteiger partial charge in [-0.25, -0.2) is 9.78 Å². The number of hydrogen-bond donors (Lipinski definition) is 1. The summed E-state index contributed by atoms with van der Waals surface area (Å²) < 4.78 is 0. The average molecular weight is 320 g/mol. The molecule has 2 fully saturated rings. The van der Waals surface area contributed by atoms with Crippen LogP contribution in [0.2, 0.25) is 0 Å². The molecule has 1 atom stereocenters. The molecule has 2 saturated heterocycles. The van der Waals surface area contributed by atoms with E-state index in [4.69, 9.17) is 0 Å². The van der Waals surface area contributed by atoms with Crippen LogP contribution >= 0.6 is 22.7 Å². The molecule has 1 N–H and O–H groups in total. The van der Waals surface area contributed by atoms with Crippen LogP contribution in [-0.2, 0) is 6.54 Å². The predicted molar refractivity (Wildman–Crippen MR) is 84.6 cm³/mol. The first-order chi connectivity index (χ1) is 10.3. The number of aromatic nitrogens is 1. The number of nitrogens with one attached hydrogen (secondary N) is 1. The molecule has 0 saturated carbocycles. The summed E-state index contributed by atoms with van der Waals surface area (Å²) in [6, 6.07) is 4.60. The molecule has 5 nitrogen and oxygen atoms in total. The number of piperazine rings is 1. The molecule has 0 unspecified atom stereocenters. The van der Waals surface area contributed by atoms with Crippen molar-refractivity contribution in [1.82, 2.24) is 20.1 Å². The van der Waals surface area contributed by atoms with Gasteiger partial charge in [0.25, 0.3) is 0 Å². The first-order valence-corrected chi connectivity index (χ1v) is 8.74. The van der Waals surface area contributed by atoms with Crippen LogP contribution in [0.25, 0.3) is 9.88 Å². The largest absolute Gasteiger partial charge is 0.336 e. The van der Waals surface area contributed by atoms with E-state index in [1.54, 1.807) is 22.7 Å². The molecule has 2 aliphatic rings. The monoisotopic (exact) mass is 320 g/mol. The number of fused-ring (bicyclic) bond motifs is 1. The van der Waals surface area contributed by atoms with Gasteiger partial charge in [0.05, 0.1) is 10.9 Å². The number of carbonyl (C=O) groups excluding carboxylic acids is 1. The summed E-state index contributed by atoms with van der Waals surface area (Å²) in [5, 5.41) is 6.11. The molecule has 0 spiro atoms. The maximum absolute atomic E-state index is 11.6. The maximum Gasteiger partial charge on any atom is 0.317 e. The predicted octanol–water partition coefficient (Wildman–Crippen LogP) is 2.08. The Balaban J connectivity index is 1.42. The minimum atomic E-state index is 0.0948. The summed E-state index contributed by atoms with van der Waals surface area (Å²) in [7, 11) is 0. The zero-order valence-corrected chi connectivity index (χ0v) is 13.1. The highest BCUT2D eigenvalue weighted by Gasteiger charge is 2.35. The van der Waals surface area contributed by atoms with Crippen LogP contribution in [0.15, 0.2) is 23.7 Å². The quantitative estimate of drug-likeness (QED) is 0.942. The summed E-state index contributed by atoms with van der Waals surface area (Å²) >= 11 is 3.50. The molecular formula is C14H16N4OS2. The van der Waals surface area contributed by atoms with Crippen molar-refractivity contribution in [2.75, 3.05) is 26.2 Å². The first-order valence-electron chi connectivity index (χ1n) is 7.05. The van der Waals surface area contributed by atoms with Gasteiger partial charge >= 0.3 is 6.03 Å². The molecule has 110 valence electrons. The highest BCUT2D eigenvalue weighted by Crippen LogP contribution is 2.29. The zero-order valence-electron chi connectivity index (χ0n) is 11.5. The van der Waals surface area contributed by atoms with Gasteiger partial charge in [-0.1, -0.05) is 6.07 Å². The normalized spacial score (nSPS) is 22.4. The molecule has 21 heavy (non-hydrogen) atoms. The van der Waals surface area contributed by atoms with Gasteiger partial charge < -0.3 is 10.2 Å². The lowest BCUT2D eigenvalue weighted by atomic mass is 10.2. The number of thiazole rings is 1. The van der Waals surface area contributed by atoms with Crippen LogP contribution in [0, 0.1) is 0 Å². The van der Waals surface area contributed by atoms with Gasteiger partial charge in [-0.3, -0.25) is 4.90 Å². The Morgan fingerprint density at radius 2 is 2.38 bits per heavy atom. The lowest BCUT2D eigenvalue weighted by molar-refractivity contribution is 0.117. The second kappa shape index (κ2) is 5.40. The number of rotatable bonds is 3. The standard InChI is InChI=1S/C14H16N4OS2/c19-14-16-6-10-8-17(3-4-18(10)14)9-11-7-15-13(21-11)12-2-1-5-20-12/h1-2,5,7,10H,3-4,6,8-9H2,(H,16,19)/t10-/m1/s1. The Bertz CT molecular complexity index is 639. The van der Waals surface area contributed by atoms with Crippen molar-refractivity contribution < 1.29 is 4.79 Å². The Kier molecular flexibility index (Phi) is 3.40. The van der Waals surface area contributed by atoms with Crippen LogP contribution in [0.3, 0.4) is 0 Å². The van der Waals surface area contributed by atoms with Crippen molar-refractivity contribution in [2.24, 2.45) is 0 Å². The average Bonchev–Trinajstić information content (AvgIpc) is 3.20. The number of carbonyl (C=O) groups is 1. The van der Waals surface area contributed by atoms with Crippen LogP contribution in [0.5, 0.6) is 0 Å². The second-order valence-corrected chi connectivity index (χ2v) is 7.44. The molecule has 0 bridgehead atoms. The van der Waals surface area contributed by atoms with E-state index in [-0.39, 0.29) is 6.03 Å². The fraction of sp³-hybridized carbons (Fsp3) is 0.429. The highest BCUT2D eigenvalue weighted by atomic mass is 32.1. The number of nitrogens with zero attached hydrogens (tertiary/aromatic N) is 3. The van der Waals surface area contributed by atoms with Crippen LogP contribution < -0.4 is 5.32 Å². The van der Waals surface area contributed by atoms with E-state index < -0.39 is 0 Å². The SMILES string of the molecule is O=C1NC[C@@H]2CN(Cc3cnc(-c4cccs4)s3)CCN12. The molecule has 0 aromatic carbocycles. The van der Waals surface area contributed by atoms with E-state index in [1.165, 1.54) is 9.75 Å². The molecule has 4 heterocycles. The van der Waals surface area contributed by atoms with Crippen LogP contribution in [0.4, 0.5) is 4.79 Å². The smallest absolute Gasteiger partial charge is 0.317 e. The fourth-order valence-electron chi connectivity index (χ4n) is 2.93. The molecule has 0 radical (unpaired) electrons. The summed E-state index contributed by atoms with van der Waals surface area (Å²) in [5.74, 6) is 0. The van der Waals surface area contributed by atoms with Crippen molar-refractivity contribution in [3.05, 3.63) is 28.6 Å². The Labute approximate surface area is 131 Å². The van der Waals surface area contributed by atoms with E-state index in [1.807, 2.05) is 11.1 Å². The molecular weight excluding hydrogens is 304 g/mol. The van der Waals surface area contributed by atoms with Gasteiger partial charge in [0, 0.05) is 43.8 Å². The van der Waals surface area contributed by atoms with E-state index in [2.05, 4.69) is 32.7 Å². The molecule has 2 amide bonds. The summed E-state index contributed by atoms with van der Waals surface area (Å²) in [6.07, 6.45) is 1.99. The number of urea groups is 1. The van der Waals surface area contributed by atoms with E-state index in [9.17, 15) is 4.79 Å². The second-order valence-electron chi connectivity index (χ2n) is 5.38. The lowest BCUT2D eigenvalue weighted by Crippen LogP contribution is -2.51. The van der Waals surface area contributed by atoms with Gasteiger partial charge in [0.1, 0.15) is 5.01 Å². The third kappa shape index (κ3) is 2.56. The number of thiophene rings is 1. The highest BCUT2D eigenvalue weighted by molar-refractivity contribution is 7.20. The molecule has 0 aliphatic carbocycles. The summed E-state index contributed by atoms with van der Waals surface area (Å²) in [6.45, 7) is 4.42. The summed E-state index contributed by atoms with van der Waals surface area (Å²) in [5.41, 5.74) is 0. The fourth-order valence-corrected chi connectivity index (χ4v) is 4.69. The third-order valence-corrected chi connectivity index (χ3v) is 6.00. The minimum absolute atomic E-state index is 0.0948. The van der Waals surface area contributed by atoms with E-state index >= 15 is 0 Å². The maximum atomic E-state index is 11.6. The van der Waals surface area contributed by atoms with Gasteiger partial charge in [-0.05, 0) is 11.4 Å². The van der Waals surface area contributed by atoms with Crippen LogP contribution in [0.1, 0.15) is 4.88 Å². The molecule has 7 heteroatoms. The lowest BCUT2D eigenvalue weighted by Gasteiger charge is -2.36. The number of amides is 2. The van der Waals surface area contributed by atoms with Crippen molar-refractivity contribution in [3.8, 4) is 9.88 Å². The van der Waals surface area contributed by atoms with Crippen molar-refractivity contribution in [2.45, 2.75) is 12.6 Å². The van der Waals surface area contributed by atoms with Gasteiger partial charge in [-0.2, -0.15) is 0 Å². The van der Waals surface area contributed by atoms with Gasteiger partial charge in [0.15, 0.2) is 0 Å². The van der Waals surface area contributed by atoms with E-state index in [0.717, 1.165) is 37.7 Å². The summed E-state index contributed by atoms with van der Waals surface area (Å²) in [4.78, 5) is 23.0. The van der Waals surface area contributed by atoms with Gasteiger partial charge in [-0.15, -0.1) is 22.7 Å². The minimum Gasteiger partial charge on any atom is -0.336 e. The zero-order chi connectivity index (χ0) is 14.2. The van der Waals surface area contributed by atoms with Gasteiger partial charge in [0.2, 0.25) is 0 Å². The Morgan fingerprint density at radius 3 is 3.24 bits per heavy atom. The molecule has 2 aliphatic heterocycles. The topological polar surface area (TPSA) is 48.5 Å². The first kappa shape index (κ1) is 13.2. The molecule has 4 rings (SSSR count).